The molecule has 0 aromatic heterocycles. The predicted octanol–water partition coefficient (Wildman–Crippen LogP) is 2.08. The minimum Gasteiger partial charge on any atom is -0.431 e. The Bertz CT molecular complexity index is 152. The van der Waals surface area contributed by atoms with Gasteiger partial charge in [-0.1, -0.05) is 6.42 Å². The molecule has 0 spiro atoms. The highest BCUT2D eigenvalue weighted by Gasteiger charge is 2.18. The van der Waals surface area contributed by atoms with Crippen LogP contribution in [0.5, 0.6) is 0 Å². The van der Waals surface area contributed by atoms with E-state index in [-0.39, 0.29) is 12.9 Å². The van der Waals surface area contributed by atoms with E-state index >= 15 is 0 Å². The summed E-state index contributed by atoms with van der Waals surface area (Å²) in [5.74, 6) is 0. The van der Waals surface area contributed by atoms with Gasteiger partial charge in [0.1, 0.15) is 6.10 Å². The van der Waals surface area contributed by atoms with Crippen molar-refractivity contribution in [1.82, 2.24) is 0 Å². The van der Waals surface area contributed by atoms with Crippen molar-refractivity contribution in [3.8, 4) is 0 Å². The molecular weight excluding hydrogens is 172 g/mol. The fourth-order valence-electron chi connectivity index (χ4n) is 1.46. The van der Waals surface area contributed by atoms with E-state index in [2.05, 4.69) is 9.47 Å². The van der Waals surface area contributed by atoms with Crippen molar-refractivity contribution in [1.29, 1.82) is 0 Å². The lowest BCUT2D eigenvalue weighted by molar-refractivity contribution is -0.0448. The van der Waals surface area contributed by atoms with Crippen molar-refractivity contribution < 1.29 is 19.0 Å². The highest BCUT2D eigenvalue weighted by atomic mass is 16.8. The van der Waals surface area contributed by atoms with Crippen molar-refractivity contribution in [2.24, 2.45) is 0 Å². The Balaban J connectivity index is 2.11. The van der Waals surface area contributed by atoms with Crippen LogP contribution < -0.4 is 0 Å². The smallest absolute Gasteiger partial charge is 0.431 e. The van der Waals surface area contributed by atoms with Gasteiger partial charge >= 0.3 is 6.16 Å². The van der Waals surface area contributed by atoms with Crippen LogP contribution in [0, 0.1) is 0 Å². The first-order valence-electron chi connectivity index (χ1n) is 4.65. The van der Waals surface area contributed by atoms with Gasteiger partial charge in [-0.25, -0.2) is 4.79 Å². The van der Waals surface area contributed by atoms with Gasteiger partial charge in [-0.2, -0.15) is 0 Å². The van der Waals surface area contributed by atoms with E-state index in [1.807, 2.05) is 0 Å². The highest BCUT2D eigenvalue weighted by Crippen LogP contribution is 2.20. The minimum atomic E-state index is -0.617. The summed E-state index contributed by atoms with van der Waals surface area (Å²) < 4.78 is 14.2. The molecule has 0 amide bonds. The van der Waals surface area contributed by atoms with Crippen LogP contribution in [0.1, 0.15) is 32.1 Å². The molecule has 0 saturated heterocycles. The van der Waals surface area contributed by atoms with Crippen LogP contribution in [0.25, 0.3) is 0 Å². The molecule has 13 heavy (non-hydrogen) atoms. The largest absolute Gasteiger partial charge is 0.510 e. The highest BCUT2D eigenvalue weighted by molar-refractivity contribution is 5.59. The van der Waals surface area contributed by atoms with Gasteiger partial charge in [-0.3, -0.25) is 0 Å². The molecule has 4 heteroatoms. The molecule has 0 bridgehead atoms. The quantitative estimate of drug-likeness (QED) is 0.502. The molecule has 1 fully saturated rings. The summed E-state index contributed by atoms with van der Waals surface area (Å²) in [7, 11) is 1.47. The molecule has 0 unspecified atom stereocenters. The summed E-state index contributed by atoms with van der Waals surface area (Å²) in [6.45, 7) is -0.0362. The molecule has 0 atom stereocenters. The first-order chi connectivity index (χ1) is 6.33. The van der Waals surface area contributed by atoms with Gasteiger partial charge < -0.3 is 14.2 Å². The second-order valence-corrected chi connectivity index (χ2v) is 3.18. The van der Waals surface area contributed by atoms with Crippen LogP contribution in [0.3, 0.4) is 0 Å². The van der Waals surface area contributed by atoms with Crippen molar-refractivity contribution in [2.75, 3.05) is 13.9 Å². The van der Waals surface area contributed by atoms with Crippen LogP contribution in [-0.2, 0) is 14.2 Å². The maximum Gasteiger partial charge on any atom is 0.510 e. The van der Waals surface area contributed by atoms with Gasteiger partial charge in [0.15, 0.2) is 6.79 Å². The molecule has 1 aliphatic carbocycles. The summed E-state index contributed by atoms with van der Waals surface area (Å²) in [6, 6.07) is 0. The Kier molecular flexibility index (Phi) is 4.60. The van der Waals surface area contributed by atoms with E-state index in [9.17, 15) is 4.79 Å². The minimum absolute atomic E-state index is 0.0362. The Morgan fingerprint density at radius 2 is 2.00 bits per heavy atom. The Hall–Kier alpha value is -0.770. The van der Waals surface area contributed by atoms with E-state index < -0.39 is 6.16 Å². The normalized spacial score (nSPS) is 18.2. The lowest BCUT2D eigenvalue weighted by Crippen LogP contribution is -2.21. The summed E-state index contributed by atoms with van der Waals surface area (Å²) in [5.41, 5.74) is 0. The molecule has 0 aliphatic heterocycles. The third-order valence-electron chi connectivity index (χ3n) is 2.11. The predicted molar refractivity (Wildman–Crippen MR) is 46.3 cm³/mol. The van der Waals surface area contributed by atoms with Gasteiger partial charge in [0.2, 0.25) is 0 Å². The van der Waals surface area contributed by atoms with Gasteiger partial charge in [0.05, 0.1) is 0 Å². The molecule has 1 rings (SSSR count). The first-order valence-corrected chi connectivity index (χ1v) is 4.65. The van der Waals surface area contributed by atoms with Crippen molar-refractivity contribution in [2.45, 2.75) is 38.2 Å². The molecule has 0 heterocycles. The molecule has 1 aliphatic rings. The average molecular weight is 188 g/mol. The topological polar surface area (TPSA) is 44.8 Å². The number of carbonyl (C=O) groups is 1. The second kappa shape index (κ2) is 5.80. The van der Waals surface area contributed by atoms with Gasteiger partial charge in [-0.15, -0.1) is 0 Å². The van der Waals surface area contributed by atoms with E-state index in [1.54, 1.807) is 0 Å². The van der Waals surface area contributed by atoms with Crippen LogP contribution in [0.2, 0.25) is 0 Å². The van der Waals surface area contributed by atoms with Crippen LogP contribution in [0.15, 0.2) is 0 Å². The molecule has 0 N–H and O–H groups in total. The van der Waals surface area contributed by atoms with E-state index in [0.29, 0.717) is 0 Å². The van der Waals surface area contributed by atoms with E-state index in [0.717, 1.165) is 25.7 Å². The second-order valence-electron chi connectivity index (χ2n) is 3.18. The van der Waals surface area contributed by atoms with Crippen LogP contribution in [-0.4, -0.2) is 26.2 Å². The Labute approximate surface area is 78.2 Å². The van der Waals surface area contributed by atoms with Crippen molar-refractivity contribution in [3.63, 3.8) is 0 Å². The fourth-order valence-corrected chi connectivity index (χ4v) is 1.46. The first kappa shape index (κ1) is 10.3. The summed E-state index contributed by atoms with van der Waals surface area (Å²) in [5, 5.41) is 0. The number of ether oxygens (including phenoxy) is 3. The third kappa shape index (κ3) is 4.12. The van der Waals surface area contributed by atoms with Crippen molar-refractivity contribution >= 4 is 6.16 Å². The molecule has 1 saturated carbocycles. The third-order valence-corrected chi connectivity index (χ3v) is 2.11. The molecule has 4 nitrogen and oxygen atoms in total. The summed E-state index contributed by atoms with van der Waals surface area (Å²) >= 11 is 0. The monoisotopic (exact) mass is 188 g/mol. The number of hydrogen-bond acceptors (Lipinski definition) is 4. The number of carbonyl (C=O) groups excluding carboxylic acids is 1. The van der Waals surface area contributed by atoms with Crippen LogP contribution in [0.4, 0.5) is 4.79 Å². The number of hydrogen-bond donors (Lipinski definition) is 0. The zero-order chi connectivity index (χ0) is 9.52. The van der Waals surface area contributed by atoms with Gasteiger partial charge in [0.25, 0.3) is 0 Å². The number of methoxy groups -OCH3 is 1. The lowest BCUT2D eigenvalue weighted by Gasteiger charge is -2.20. The van der Waals surface area contributed by atoms with Gasteiger partial charge in [-0.05, 0) is 25.7 Å². The standard InChI is InChI=1S/C9H16O4/c1-11-7-12-9(10)13-8-5-3-2-4-6-8/h8H,2-7H2,1H3. The Morgan fingerprint density at radius 3 is 2.62 bits per heavy atom. The van der Waals surface area contributed by atoms with E-state index in [1.165, 1.54) is 13.5 Å². The lowest BCUT2D eigenvalue weighted by atomic mass is 9.98. The molecule has 0 radical (unpaired) electrons. The summed E-state index contributed by atoms with van der Waals surface area (Å²) in [6.07, 6.45) is 4.88. The van der Waals surface area contributed by atoms with Gasteiger partial charge in [0, 0.05) is 7.11 Å². The summed E-state index contributed by atoms with van der Waals surface area (Å²) in [4.78, 5) is 10.9. The zero-order valence-corrected chi connectivity index (χ0v) is 7.95. The Morgan fingerprint density at radius 1 is 1.31 bits per heavy atom. The average Bonchev–Trinajstić information content (AvgIpc) is 2.16. The molecule has 0 aromatic carbocycles. The zero-order valence-electron chi connectivity index (χ0n) is 7.95. The molecule has 76 valence electrons. The van der Waals surface area contributed by atoms with Crippen molar-refractivity contribution in [3.05, 3.63) is 0 Å². The maximum absolute atomic E-state index is 10.9. The SMILES string of the molecule is COCOC(=O)OC1CCCCC1. The van der Waals surface area contributed by atoms with Crippen LogP contribution >= 0.6 is 0 Å². The van der Waals surface area contributed by atoms with E-state index in [4.69, 9.17) is 4.74 Å². The number of rotatable bonds is 3. The molecular formula is C9H16O4. The molecule has 0 aromatic rings. The maximum atomic E-state index is 10.9. The fraction of sp³-hybridized carbons (Fsp3) is 0.889.